The van der Waals surface area contributed by atoms with E-state index in [1.54, 1.807) is 0 Å². The van der Waals surface area contributed by atoms with Crippen molar-refractivity contribution in [3.63, 3.8) is 0 Å². The number of nitrogens with two attached hydrogens (primary N) is 1. The second kappa shape index (κ2) is 10.7. The van der Waals surface area contributed by atoms with E-state index in [9.17, 15) is 9.59 Å². The summed E-state index contributed by atoms with van der Waals surface area (Å²) in [6, 6.07) is 14.9. The number of urea groups is 1. The van der Waals surface area contributed by atoms with Crippen molar-refractivity contribution in [3.05, 3.63) is 59.7 Å². The molecule has 37 heavy (non-hydrogen) atoms. The van der Waals surface area contributed by atoms with Gasteiger partial charge in [0.1, 0.15) is 0 Å². The summed E-state index contributed by atoms with van der Waals surface area (Å²) in [5, 5.41) is 0. The number of carbonyl (C=O) groups is 2. The van der Waals surface area contributed by atoms with Crippen LogP contribution in [-0.2, 0) is 4.79 Å². The summed E-state index contributed by atoms with van der Waals surface area (Å²) < 4.78 is 0. The number of aryl methyl sites for hydroxylation is 1. The van der Waals surface area contributed by atoms with Crippen LogP contribution in [0.5, 0.6) is 0 Å². The van der Waals surface area contributed by atoms with Crippen molar-refractivity contribution in [2.24, 2.45) is 28.5 Å². The third-order valence-corrected chi connectivity index (χ3v) is 7.97. The minimum Gasteiger partial charge on any atom is -0.351 e. The van der Waals surface area contributed by atoms with Crippen molar-refractivity contribution in [2.45, 2.75) is 59.0 Å². The average molecular weight is 502 g/mol. The lowest BCUT2D eigenvalue weighted by atomic mass is 9.84. The van der Waals surface area contributed by atoms with Crippen LogP contribution in [0.3, 0.4) is 0 Å². The third-order valence-electron chi connectivity index (χ3n) is 7.97. The van der Waals surface area contributed by atoms with Crippen molar-refractivity contribution < 1.29 is 9.59 Å². The number of amides is 3. The number of aliphatic imine (C=N–C) groups is 1. The smallest absolute Gasteiger partial charge is 0.321 e. The SMILES string of the molecule is Cc1cccc(N(C(N)=O)C2N=C(CC(C)C)c3ccccc3N(CN3CC4CCC(CC4)C3)C2=O)c1. The van der Waals surface area contributed by atoms with Crippen molar-refractivity contribution in [3.8, 4) is 0 Å². The second-order valence-electron chi connectivity index (χ2n) is 11.4. The number of primary amides is 1. The lowest BCUT2D eigenvalue weighted by Crippen LogP contribution is -2.54. The summed E-state index contributed by atoms with van der Waals surface area (Å²) in [6.45, 7) is 8.74. The maximum atomic E-state index is 14.4. The minimum absolute atomic E-state index is 0.219. The van der Waals surface area contributed by atoms with Crippen LogP contribution in [0, 0.1) is 24.7 Å². The highest BCUT2D eigenvalue weighted by atomic mass is 16.2. The van der Waals surface area contributed by atoms with Gasteiger partial charge in [-0.3, -0.25) is 24.5 Å². The molecule has 3 aliphatic heterocycles. The molecule has 3 heterocycles. The lowest BCUT2D eigenvalue weighted by molar-refractivity contribution is -0.120. The van der Waals surface area contributed by atoms with E-state index in [0.29, 0.717) is 36.5 Å². The molecule has 196 valence electrons. The molecule has 7 heteroatoms. The number of hydrogen-bond acceptors (Lipinski definition) is 4. The van der Waals surface area contributed by atoms with Crippen LogP contribution < -0.4 is 15.5 Å². The molecule has 4 aliphatic rings. The van der Waals surface area contributed by atoms with Crippen LogP contribution in [0.2, 0.25) is 0 Å². The zero-order valence-corrected chi connectivity index (χ0v) is 22.3. The molecule has 2 aromatic carbocycles. The van der Waals surface area contributed by atoms with Crippen LogP contribution in [-0.4, -0.2) is 48.5 Å². The van der Waals surface area contributed by atoms with Gasteiger partial charge in [-0.05, 0) is 80.5 Å². The molecule has 0 spiro atoms. The van der Waals surface area contributed by atoms with E-state index in [2.05, 4.69) is 18.7 Å². The van der Waals surface area contributed by atoms with E-state index in [1.165, 1.54) is 30.6 Å². The Morgan fingerprint density at radius 2 is 1.73 bits per heavy atom. The molecule has 7 nitrogen and oxygen atoms in total. The predicted molar refractivity (Wildman–Crippen MR) is 149 cm³/mol. The molecular formula is C30H39N5O2. The molecule has 2 bridgehead atoms. The molecule has 2 aromatic rings. The van der Waals surface area contributed by atoms with E-state index in [0.717, 1.165) is 35.6 Å². The zero-order valence-electron chi connectivity index (χ0n) is 22.3. The zero-order chi connectivity index (χ0) is 26.1. The summed E-state index contributed by atoms with van der Waals surface area (Å²) in [7, 11) is 0. The highest BCUT2D eigenvalue weighted by Crippen LogP contribution is 2.36. The number of benzene rings is 2. The third kappa shape index (κ3) is 5.42. The molecule has 1 saturated carbocycles. The second-order valence-corrected chi connectivity index (χ2v) is 11.4. The summed E-state index contributed by atoms with van der Waals surface area (Å²) in [6.07, 6.45) is 4.74. The van der Waals surface area contributed by atoms with Gasteiger partial charge in [-0.1, -0.05) is 44.2 Å². The largest absolute Gasteiger partial charge is 0.351 e. The van der Waals surface area contributed by atoms with Gasteiger partial charge >= 0.3 is 6.03 Å². The van der Waals surface area contributed by atoms with Gasteiger partial charge in [0.2, 0.25) is 6.17 Å². The monoisotopic (exact) mass is 501 g/mol. The lowest BCUT2D eigenvalue weighted by Gasteiger charge is -2.34. The van der Waals surface area contributed by atoms with Gasteiger partial charge in [0.25, 0.3) is 5.91 Å². The van der Waals surface area contributed by atoms with Crippen molar-refractivity contribution in [1.29, 1.82) is 0 Å². The number of fused-ring (bicyclic) bond motifs is 5. The number of benzodiazepines with no additional fused rings is 1. The van der Waals surface area contributed by atoms with Crippen LogP contribution in [0.25, 0.3) is 0 Å². The van der Waals surface area contributed by atoms with E-state index in [1.807, 2.05) is 60.4 Å². The number of hydrogen-bond donors (Lipinski definition) is 1. The van der Waals surface area contributed by atoms with E-state index >= 15 is 0 Å². The molecule has 0 radical (unpaired) electrons. The molecule has 0 aromatic heterocycles. The maximum absolute atomic E-state index is 14.4. The molecule has 2 N–H and O–H groups in total. The van der Waals surface area contributed by atoms with Gasteiger partial charge in [0, 0.05) is 30.1 Å². The fourth-order valence-electron chi connectivity index (χ4n) is 6.23. The van der Waals surface area contributed by atoms with E-state index in [-0.39, 0.29) is 5.91 Å². The van der Waals surface area contributed by atoms with Gasteiger partial charge in [0.05, 0.1) is 12.4 Å². The first-order valence-corrected chi connectivity index (χ1v) is 13.6. The van der Waals surface area contributed by atoms with Crippen molar-refractivity contribution in [2.75, 3.05) is 29.6 Å². The summed E-state index contributed by atoms with van der Waals surface area (Å²) >= 11 is 0. The molecule has 1 unspecified atom stereocenters. The van der Waals surface area contributed by atoms with Crippen LogP contribution in [0.4, 0.5) is 16.2 Å². The molecule has 3 amide bonds. The predicted octanol–water partition coefficient (Wildman–Crippen LogP) is 5.17. The maximum Gasteiger partial charge on any atom is 0.321 e. The van der Waals surface area contributed by atoms with Crippen LogP contribution in [0.15, 0.2) is 53.5 Å². The van der Waals surface area contributed by atoms with Gasteiger partial charge < -0.3 is 5.73 Å². The van der Waals surface area contributed by atoms with Gasteiger partial charge in [-0.2, -0.15) is 0 Å². The Bertz CT molecular complexity index is 1170. The molecular weight excluding hydrogens is 462 g/mol. The molecule has 1 aliphatic carbocycles. The van der Waals surface area contributed by atoms with Crippen LogP contribution in [0.1, 0.15) is 57.1 Å². The molecule has 1 atom stereocenters. The number of nitrogens with zero attached hydrogens (tertiary/aromatic N) is 4. The summed E-state index contributed by atoms with van der Waals surface area (Å²) in [5.41, 5.74) is 10.2. The fourth-order valence-corrected chi connectivity index (χ4v) is 6.23. The number of carbonyl (C=O) groups excluding carboxylic acids is 2. The number of rotatable bonds is 6. The standard InChI is InChI=1S/C30H39N5O2/c1-20(2)15-26-25-9-4-5-10-27(25)34(19-33-17-22-11-12-23(18-33)14-13-22)29(36)28(32-26)35(30(31)37)24-8-6-7-21(3)16-24/h4-10,16,20,22-23,28H,11-15,17-19H2,1-3H3,(H2,31,37). The van der Waals surface area contributed by atoms with E-state index < -0.39 is 12.2 Å². The molecule has 2 saturated heterocycles. The normalized spacial score (nSPS) is 23.9. The Hall–Kier alpha value is -3.19. The Kier molecular flexibility index (Phi) is 7.33. The summed E-state index contributed by atoms with van der Waals surface area (Å²) in [4.78, 5) is 38.0. The Balaban J connectivity index is 1.59. The van der Waals surface area contributed by atoms with Crippen LogP contribution >= 0.6 is 0 Å². The molecule has 6 rings (SSSR count). The highest BCUT2D eigenvalue weighted by molar-refractivity contribution is 6.15. The number of para-hydroxylation sites is 1. The molecule has 3 fully saturated rings. The summed E-state index contributed by atoms with van der Waals surface area (Å²) in [5.74, 6) is 1.49. The number of anilines is 2. The average Bonchev–Trinajstić information content (AvgIpc) is 3.22. The Morgan fingerprint density at radius 1 is 1.05 bits per heavy atom. The first-order valence-electron chi connectivity index (χ1n) is 13.6. The fraction of sp³-hybridized carbons (Fsp3) is 0.500. The van der Waals surface area contributed by atoms with Crippen molar-refractivity contribution in [1.82, 2.24) is 4.90 Å². The first kappa shape index (κ1) is 25.5. The topological polar surface area (TPSA) is 82.2 Å². The Morgan fingerprint density at radius 3 is 2.35 bits per heavy atom. The highest BCUT2D eigenvalue weighted by Gasteiger charge is 2.39. The first-order chi connectivity index (χ1) is 17.8. The van der Waals surface area contributed by atoms with Gasteiger partial charge in [-0.15, -0.1) is 0 Å². The van der Waals surface area contributed by atoms with E-state index in [4.69, 9.17) is 10.7 Å². The Labute approximate surface area is 220 Å². The van der Waals surface area contributed by atoms with Crippen molar-refractivity contribution >= 4 is 29.0 Å². The minimum atomic E-state index is -1.07. The van der Waals surface area contributed by atoms with Gasteiger partial charge in [0.15, 0.2) is 0 Å². The quantitative estimate of drug-likeness (QED) is 0.593. The van der Waals surface area contributed by atoms with Gasteiger partial charge in [-0.25, -0.2) is 4.79 Å².